The molecule has 0 spiro atoms. The molecule has 2 fully saturated rings. The zero-order valence-electron chi connectivity index (χ0n) is 12.2. The summed E-state index contributed by atoms with van der Waals surface area (Å²) in [6.45, 7) is 1.75. The summed E-state index contributed by atoms with van der Waals surface area (Å²) < 4.78 is 30.5. The van der Waals surface area contributed by atoms with Gasteiger partial charge in [0.1, 0.15) is 0 Å². The topological polar surface area (TPSA) is 101 Å². The molecule has 8 heteroatoms. The first kappa shape index (κ1) is 16.2. The lowest BCUT2D eigenvalue weighted by atomic mass is 9.81. The van der Waals surface area contributed by atoms with Crippen LogP contribution in [0.3, 0.4) is 0 Å². The van der Waals surface area contributed by atoms with E-state index in [1.54, 1.807) is 0 Å². The number of aliphatic carboxylic acids is 1. The Labute approximate surface area is 124 Å². The second kappa shape index (κ2) is 5.57. The van der Waals surface area contributed by atoms with Crippen LogP contribution in [0.15, 0.2) is 0 Å². The Morgan fingerprint density at radius 1 is 1.48 bits per heavy atom. The molecule has 0 aromatic rings. The molecule has 2 rings (SSSR count). The van der Waals surface area contributed by atoms with Gasteiger partial charge in [-0.2, -0.15) is 0 Å². The van der Waals surface area contributed by atoms with Crippen molar-refractivity contribution >= 4 is 22.0 Å². The van der Waals surface area contributed by atoms with Crippen LogP contribution < -0.4 is 0 Å². The number of hydrogen-bond donors (Lipinski definition) is 1. The van der Waals surface area contributed by atoms with Crippen LogP contribution in [0.25, 0.3) is 0 Å². The third-order valence-corrected chi connectivity index (χ3v) is 6.71. The number of carboxylic acid groups (broad SMARTS) is 1. The number of carboxylic acids is 1. The second-order valence-electron chi connectivity index (χ2n) is 6.05. The number of rotatable bonds is 5. The third-order valence-electron chi connectivity index (χ3n) is 4.72. The number of nitrogens with zero attached hydrogens (tertiary/aromatic N) is 1. The van der Waals surface area contributed by atoms with E-state index < -0.39 is 33.3 Å². The molecule has 1 unspecified atom stereocenters. The van der Waals surface area contributed by atoms with Crippen molar-refractivity contribution in [2.75, 3.05) is 26.0 Å². The highest BCUT2D eigenvalue weighted by Gasteiger charge is 2.57. The number of esters is 1. The van der Waals surface area contributed by atoms with Crippen molar-refractivity contribution in [2.24, 2.45) is 17.3 Å². The summed E-state index contributed by atoms with van der Waals surface area (Å²) in [7, 11) is -2.45. The summed E-state index contributed by atoms with van der Waals surface area (Å²) in [6, 6.07) is 0. The van der Waals surface area contributed by atoms with Gasteiger partial charge in [-0.1, -0.05) is 13.3 Å². The van der Waals surface area contributed by atoms with E-state index in [0.29, 0.717) is 6.42 Å². The molecular weight excluding hydrogens is 298 g/mol. The van der Waals surface area contributed by atoms with Crippen molar-refractivity contribution in [2.45, 2.75) is 26.2 Å². The van der Waals surface area contributed by atoms with Crippen LogP contribution in [0.5, 0.6) is 0 Å². The monoisotopic (exact) mass is 319 g/mol. The van der Waals surface area contributed by atoms with E-state index >= 15 is 0 Å². The SMILES string of the molecule is COC(=O)C(C)CS(=O)(=O)N1C[C@@H]2CCC[C@@]2(C(=O)O)C1. The molecule has 0 aromatic carbocycles. The van der Waals surface area contributed by atoms with Gasteiger partial charge in [-0.15, -0.1) is 0 Å². The molecule has 0 amide bonds. The maximum absolute atomic E-state index is 12.4. The molecule has 120 valence electrons. The summed E-state index contributed by atoms with van der Waals surface area (Å²) in [6.07, 6.45) is 2.08. The number of methoxy groups -OCH3 is 1. The van der Waals surface area contributed by atoms with Crippen LogP contribution >= 0.6 is 0 Å². The van der Waals surface area contributed by atoms with Gasteiger partial charge in [-0.25, -0.2) is 12.7 Å². The number of fused-ring (bicyclic) bond motifs is 1. The highest BCUT2D eigenvalue weighted by Crippen LogP contribution is 2.49. The molecule has 1 aliphatic heterocycles. The van der Waals surface area contributed by atoms with E-state index in [0.717, 1.165) is 12.8 Å². The summed E-state index contributed by atoms with van der Waals surface area (Å²) in [5, 5.41) is 9.47. The van der Waals surface area contributed by atoms with Crippen molar-refractivity contribution < 1.29 is 27.9 Å². The van der Waals surface area contributed by atoms with Gasteiger partial charge >= 0.3 is 11.9 Å². The van der Waals surface area contributed by atoms with Crippen molar-refractivity contribution in [1.29, 1.82) is 0 Å². The van der Waals surface area contributed by atoms with Crippen LogP contribution in [0, 0.1) is 17.3 Å². The molecule has 1 saturated heterocycles. The molecule has 1 aliphatic carbocycles. The van der Waals surface area contributed by atoms with E-state index in [1.807, 2.05) is 0 Å². The first-order chi connectivity index (χ1) is 9.73. The van der Waals surface area contributed by atoms with Crippen LogP contribution in [0.4, 0.5) is 0 Å². The number of sulfonamides is 1. The summed E-state index contributed by atoms with van der Waals surface area (Å²) in [5.74, 6) is -2.73. The molecule has 1 saturated carbocycles. The van der Waals surface area contributed by atoms with Crippen LogP contribution in [-0.2, 0) is 24.3 Å². The normalized spacial score (nSPS) is 30.9. The fourth-order valence-electron chi connectivity index (χ4n) is 3.50. The van der Waals surface area contributed by atoms with Crippen molar-refractivity contribution in [3.05, 3.63) is 0 Å². The largest absolute Gasteiger partial charge is 0.481 e. The maximum Gasteiger partial charge on any atom is 0.311 e. The molecule has 1 N–H and O–H groups in total. The Morgan fingerprint density at radius 2 is 2.14 bits per heavy atom. The highest BCUT2D eigenvalue weighted by molar-refractivity contribution is 7.89. The molecule has 21 heavy (non-hydrogen) atoms. The number of ether oxygens (including phenoxy) is 1. The van der Waals surface area contributed by atoms with Crippen LogP contribution in [0.2, 0.25) is 0 Å². The minimum absolute atomic E-state index is 0.0171. The minimum Gasteiger partial charge on any atom is -0.481 e. The maximum atomic E-state index is 12.4. The lowest BCUT2D eigenvalue weighted by Crippen LogP contribution is -2.39. The fourth-order valence-corrected chi connectivity index (χ4v) is 5.31. The van der Waals surface area contributed by atoms with Gasteiger partial charge in [0.05, 0.1) is 24.2 Å². The van der Waals surface area contributed by atoms with E-state index in [2.05, 4.69) is 4.74 Å². The van der Waals surface area contributed by atoms with Gasteiger partial charge in [-0.05, 0) is 18.8 Å². The third kappa shape index (κ3) is 2.78. The quantitative estimate of drug-likeness (QED) is 0.732. The van der Waals surface area contributed by atoms with E-state index in [4.69, 9.17) is 0 Å². The van der Waals surface area contributed by atoms with Crippen LogP contribution in [-0.4, -0.2) is 55.7 Å². The lowest BCUT2D eigenvalue weighted by Gasteiger charge is -2.23. The van der Waals surface area contributed by atoms with Crippen molar-refractivity contribution in [3.8, 4) is 0 Å². The van der Waals surface area contributed by atoms with Crippen LogP contribution in [0.1, 0.15) is 26.2 Å². The fraction of sp³-hybridized carbons (Fsp3) is 0.846. The smallest absolute Gasteiger partial charge is 0.311 e. The zero-order chi connectivity index (χ0) is 15.8. The van der Waals surface area contributed by atoms with Crippen molar-refractivity contribution in [1.82, 2.24) is 4.31 Å². The van der Waals surface area contributed by atoms with Gasteiger partial charge < -0.3 is 9.84 Å². The number of hydrogen-bond acceptors (Lipinski definition) is 5. The molecule has 2 aliphatic rings. The Kier molecular flexibility index (Phi) is 4.30. The summed E-state index contributed by atoms with van der Waals surface area (Å²) in [5.41, 5.74) is -0.943. The Balaban J connectivity index is 2.13. The first-order valence-electron chi connectivity index (χ1n) is 7.02. The standard InChI is InChI=1S/C13H21NO6S/c1-9(11(15)20-2)7-21(18,19)14-6-10-4-3-5-13(10,8-14)12(16)17/h9-10H,3-8H2,1-2H3,(H,16,17)/t9?,10-,13+/m0/s1. The molecule has 0 radical (unpaired) electrons. The Bertz CT molecular complexity index is 545. The first-order valence-corrected chi connectivity index (χ1v) is 8.63. The summed E-state index contributed by atoms with van der Waals surface area (Å²) in [4.78, 5) is 22.9. The molecular formula is C13H21NO6S. The van der Waals surface area contributed by atoms with Gasteiger partial charge in [-0.3, -0.25) is 9.59 Å². The van der Waals surface area contributed by atoms with E-state index in [1.165, 1.54) is 18.3 Å². The zero-order valence-corrected chi connectivity index (χ0v) is 13.1. The van der Waals surface area contributed by atoms with E-state index in [9.17, 15) is 23.1 Å². The van der Waals surface area contributed by atoms with Crippen molar-refractivity contribution in [3.63, 3.8) is 0 Å². The van der Waals surface area contributed by atoms with Gasteiger partial charge in [0.2, 0.25) is 10.0 Å². The average Bonchev–Trinajstić information content (AvgIpc) is 2.94. The van der Waals surface area contributed by atoms with Gasteiger partial charge in [0, 0.05) is 13.1 Å². The molecule has 7 nitrogen and oxygen atoms in total. The average molecular weight is 319 g/mol. The Hall–Kier alpha value is -1.15. The predicted molar refractivity (Wildman–Crippen MR) is 73.9 cm³/mol. The van der Waals surface area contributed by atoms with Gasteiger partial charge in [0.25, 0.3) is 0 Å². The highest BCUT2D eigenvalue weighted by atomic mass is 32.2. The molecule has 3 atom stereocenters. The summed E-state index contributed by atoms with van der Waals surface area (Å²) >= 11 is 0. The molecule has 0 aromatic heterocycles. The number of carbonyl (C=O) groups is 2. The second-order valence-corrected chi connectivity index (χ2v) is 8.06. The molecule has 0 bridgehead atoms. The lowest BCUT2D eigenvalue weighted by molar-refractivity contribution is -0.149. The Morgan fingerprint density at radius 3 is 2.67 bits per heavy atom. The molecule has 1 heterocycles. The number of carbonyl (C=O) groups excluding carboxylic acids is 1. The van der Waals surface area contributed by atoms with E-state index in [-0.39, 0.29) is 24.8 Å². The van der Waals surface area contributed by atoms with Gasteiger partial charge in [0.15, 0.2) is 0 Å². The predicted octanol–water partition coefficient (Wildman–Crippen LogP) is 0.312. The minimum atomic E-state index is -3.66.